The zero-order chi connectivity index (χ0) is 23.9. The molecule has 5 nitrogen and oxygen atoms in total. The number of allylic oxidation sites excluding steroid dienone is 3. The Hall–Kier alpha value is -4.12. The smallest absolute Gasteiger partial charge is 0.260 e. The van der Waals surface area contributed by atoms with Gasteiger partial charge < -0.3 is 5.11 Å². The summed E-state index contributed by atoms with van der Waals surface area (Å²) in [4.78, 5) is 28.2. The maximum absolute atomic E-state index is 14.4. The number of benzene rings is 3. The SMILES string of the molecule is C=CC1=CCC2C(=O)N(Nc3ccc(C)cc3)C(=O)C2(c2ccccc2)C1c1cccc(O)c1. The van der Waals surface area contributed by atoms with Crippen molar-refractivity contribution in [1.82, 2.24) is 5.01 Å². The van der Waals surface area contributed by atoms with Gasteiger partial charge in [0.1, 0.15) is 5.75 Å². The van der Waals surface area contributed by atoms with Crippen LogP contribution in [0.5, 0.6) is 5.75 Å². The third kappa shape index (κ3) is 3.24. The number of nitrogens with one attached hydrogen (secondary N) is 1. The highest BCUT2D eigenvalue weighted by atomic mass is 16.3. The van der Waals surface area contributed by atoms with E-state index >= 15 is 0 Å². The Morgan fingerprint density at radius 3 is 2.44 bits per heavy atom. The molecule has 0 radical (unpaired) electrons. The van der Waals surface area contributed by atoms with Gasteiger partial charge in [0, 0.05) is 5.92 Å². The van der Waals surface area contributed by atoms with E-state index in [-0.39, 0.29) is 17.6 Å². The molecular formula is C29H26N2O3. The molecule has 0 aromatic heterocycles. The number of hydrogen-bond acceptors (Lipinski definition) is 4. The molecule has 1 heterocycles. The summed E-state index contributed by atoms with van der Waals surface area (Å²) in [7, 11) is 0. The van der Waals surface area contributed by atoms with Crippen LogP contribution in [-0.4, -0.2) is 21.9 Å². The van der Waals surface area contributed by atoms with Crippen molar-refractivity contribution < 1.29 is 14.7 Å². The van der Waals surface area contributed by atoms with Crippen molar-refractivity contribution in [1.29, 1.82) is 0 Å². The van der Waals surface area contributed by atoms with E-state index in [1.165, 1.54) is 5.01 Å². The zero-order valence-corrected chi connectivity index (χ0v) is 18.9. The van der Waals surface area contributed by atoms with Gasteiger partial charge in [-0.3, -0.25) is 15.0 Å². The van der Waals surface area contributed by atoms with Crippen LogP contribution in [0.1, 0.15) is 29.0 Å². The first-order valence-corrected chi connectivity index (χ1v) is 11.4. The molecule has 2 aliphatic rings. The molecule has 1 aliphatic carbocycles. The summed E-state index contributed by atoms with van der Waals surface area (Å²) < 4.78 is 0. The maximum atomic E-state index is 14.4. The van der Waals surface area contributed by atoms with Crippen LogP contribution in [0.3, 0.4) is 0 Å². The Labute approximate surface area is 199 Å². The molecule has 3 atom stereocenters. The lowest BCUT2D eigenvalue weighted by molar-refractivity contribution is -0.138. The van der Waals surface area contributed by atoms with Gasteiger partial charge in [-0.15, -0.1) is 0 Å². The van der Waals surface area contributed by atoms with Crippen LogP contribution in [0, 0.1) is 12.8 Å². The van der Waals surface area contributed by atoms with Crippen LogP contribution in [-0.2, 0) is 15.0 Å². The predicted octanol–water partition coefficient (Wildman–Crippen LogP) is 5.25. The molecule has 1 saturated heterocycles. The lowest BCUT2D eigenvalue weighted by Gasteiger charge is -2.43. The molecule has 34 heavy (non-hydrogen) atoms. The van der Waals surface area contributed by atoms with Crippen LogP contribution in [0.4, 0.5) is 5.69 Å². The second kappa shape index (κ2) is 8.34. The van der Waals surface area contributed by atoms with Gasteiger partial charge in [-0.25, -0.2) is 0 Å². The highest BCUT2D eigenvalue weighted by Gasteiger charge is 2.65. The van der Waals surface area contributed by atoms with Crippen molar-refractivity contribution in [2.24, 2.45) is 5.92 Å². The van der Waals surface area contributed by atoms with E-state index in [4.69, 9.17) is 0 Å². The van der Waals surface area contributed by atoms with Crippen LogP contribution in [0.15, 0.2) is 103 Å². The van der Waals surface area contributed by atoms with E-state index < -0.39 is 17.3 Å². The molecule has 0 bridgehead atoms. The summed E-state index contributed by atoms with van der Waals surface area (Å²) in [6, 6.07) is 24.0. The van der Waals surface area contributed by atoms with Gasteiger partial charge in [0.05, 0.1) is 17.0 Å². The van der Waals surface area contributed by atoms with Crippen LogP contribution < -0.4 is 5.43 Å². The van der Waals surface area contributed by atoms with Crippen molar-refractivity contribution >= 4 is 17.5 Å². The average molecular weight is 451 g/mol. The Morgan fingerprint density at radius 1 is 1.03 bits per heavy atom. The first kappa shape index (κ1) is 21.7. The highest BCUT2D eigenvalue weighted by molar-refractivity contribution is 6.12. The number of hydrazine groups is 1. The van der Waals surface area contributed by atoms with Crippen molar-refractivity contribution in [2.45, 2.75) is 24.7 Å². The van der Waals surface area contributed by atoms with Gasteiger partial charge in [-0.1, -0.05) is 78.9 Å². The number of fused-ring (bicyclic) bond motifs is 1. The van der Waals surface area contributed by atoms with Crippen molar-refractivity contribution in [2.75, 3.05) is 5.43 Å². The molecule has 2 amide bonds. The summed E-state index contributed by atoms with van der Waals surface area (Å²) in [5.74, 6) is -1.55. The number of carbonyl (C=O) groups excluding carboxylic acids is 2. The van der Waals surface area contributed by atoms with Gasteiger partial charge >= 0.3 is 0 Å². The van der Waals surface area contributed by atoms with Gasteiger partial charge in [0.15, 0.2) is 0 Å². The minimum Gasteiger partial charge on any atom is -0.508 e. The fraction of sp³-hybridized carbons (Fsp3) is 0.172. The summed E-state index contributed by atoms with van der Waals surface area (Å²) in [6.45, 7) is 5.99. The third-order valence-electron chi connectivity index (χ3n) is 6.99. The topological polar surface area (TPSA) is 69.6 Å². The quantitative estimate of drug-likeness (QED) is 0.521. The van der Waals surface area contributed by atoms with Gasteiger partial charge in [-0.05, 0) is 54.3 Å². The summed E-state index contributed by atoms with van der Waals surface area (Å²) >= 11 is 0. The van der Waals surface area contributed by atoms with E-state index in [1.807, 2.05) is 73.7 Å². The Kier molecular flexibility index (Phi) is 5.33. The molecule has 0 spiro atoms. The number of anilines is 1. The fourth-order valence-electron chi connectivity index (χ4n) is 5.46. The standard InChI is InChI=1S/C29H26N2O3/c1-3-20-14-17-25-27(33)31(30-23-15-12-19(2)13-16-23)28(34)29(25,22-9-5-4-6-10-22)26(20)21-8-7-11-24(32)18-21/h3-16,18,25-26,30,32H,1,17H2,2H3. The Bertz CT molecular complexity index is 1300. The number of aromatic hydroxyl groups is 1. The van der Waals surface area contributed by atoms with E-state index in [9.17, 15) is 14.7 Å². The van der Waals surface area contributed by atoms with Crippen molar-refractivity contribution in [3.8, 4) is 5.75 Å². The van der Waals surface area contributed by atoms with Crippen LogP contribution in [0.25, 0.3) is 0 Å². The molecule has 0 saturated carbocycles. The minimum absolute atomic E-state index is 0.109. The minimum atomic E-state index is -1.18. The first-order chi connectivity index (χ1) is 16.5. The second-order valence-corrected chi connectivity index (χ2v) is 8.92. The van der Waals surface area contributed by atoms with E-state index in [0.29, 0.717) is 12.1 Å². The molecule has 3 aromatic carbocycles. The number of nitrogens with zero attached hydrogens (tertiary/aromatic N) is 1. The number of phenolic OH excluding ortho intramolecular Hbond substituents is 1. The number of rotatable bonds is 5. The largest absolute Gasteiger partial charge is 0.508 e. The predicted molar refractivity (Wildman–Crippen MR) is 132 cm³/mol. The molecule has 3 unspecified atom stereocenters. The number of hydrogen-bond donors (Lipinski definition) is 2. The Morgan fingerprint density at radius 2 is 1.76 bits per heavy atom. The third-order valence-corrected chi connectivity index (χ3v) is 6.99. The number of carbonyl (C=O) groups is 2. The maximum Gasteiger partial charge on any atom is 0.260 e. The molecule has 1 aliphatic heterocycles. The molecule has 5 heteroatoms. The molecule has 5 rings (SSSR count). The first-order valence-electron chi connectivity index (χ1n) is 11.4. The lowest BCUT2D eigenvalue weighted by Crippen LogP contribution is -2.48. The summed E-state index contributed by atoms with van der Waals surface area (Å²) in [6.07, 6.45) is 4.17. The van der Waals surface area contributed by atoms with E-state index in [1.54, 1.807) is 24.3 Å². The van der Waals surface area contributed by atoms with E-state index in [0.717, 1.165) is 22.3 Å². The molecule has 2 N–H and O–H groups in total. The monoisotopic (exact) mass is 450 g/mol. The van der Waals surface area contributed by atoms with E-state index in [2.05, 4.69) is 12.0 Å². The number of imide groups is 1. The van der Waals surface area contributed by atoms with Crippen LogP contribution in [0.2, 0.25) is 0 Å². The van der Waals surface area contributed by atoms with Crippen LogP contribution >= 0.6 is 0 Å². The number of aryl methyl sites for hydroxylation is 1. The highest BCUT2D eigenvalue weighted by Crippen LogP contribution is 2.57. The van der Waals surface area contributed by atoms with Gasteiger partial charge in [0.25, 0.3) is 11.8 Å². The normalized spacial score (nSPS) is 23.9. The lowest BCUT2D eigenvalue weighted by atomic mass is 9.56. The van der Waals surface area contributed by atoms with Crippen molar-refractivity contribution in [3.63, 3.8) is 0 Å². The van der Waals surface area contributed by atoms with Gasteiger partial charge in [-0.2, -0.15) is 5.01 Å². The molecule has 170 valence electrons. The molecule has 3 aromatic rings. The second-order valence-electron chi connectivity index (χ2n) is 8.92. The summed E-state index contributed by atoms with van der Waals surface area (Å²) in [5, 5.41) is 11.4. The fourth-order valence-corrected chi connectivity index (χ4v) is 5.46. The zero-order valence-electron chi connectivity index (χ0n) is 18.9. The Balaban J connectivity index is 1.72. The average Bonchev–Trinajstić information content (AvgIpc) is 3.07. The number of phenols is 1. The van der Waals surface area contributed by atoms with Crippen molar-refractivity contribution in [3.05, 3.63) is 120 Å². The molecular weight excluding hydrogens is 424 g/mol. The van der Waals surface area contributed by atoms with Gasteiger partial charge in [0.2, 0.25) is 0 Å². The summed E-state index contributed by atoms with van der Waals surface area (Å²) in [5.41, 5.74) is 6.04. The molecule has 1 fully saturated rings. The number of amides is 2.